The van der Waals surface area contributed by atoms with E-state index >= 15 is 0 Å². The van der Waals surface area contributed by atoms with Gasteiger partial charge in [-0.25, -0.2) is 0 Å². The quantitative estimate of drug-likeness (QED) is 0.722. The minimum atomic E-state index is 0.581. The molecule has 0 aliphatic carbocycles. The molecule has 2 rings (SSSR count). The molecule has 0 saturated carbocycles. The smallest absolute Gasteiger partial charge is 0.0515 e. The van der Waals surface area contributed by atoms with Crippen LogP contribution in [0.2, 0.25) is 15.1 Å². The summed E-state index contributed by atoms with van der Waals surface area (Å²) in [6.45, 7) is 0. The first-order valence-corrected chi connectivity index (χ1v) is 5.36. The molecule has 1 aromatic heterocycles. The third-order valence-corrected chi connectivity index (χ3v) is 2.71. The van der Waals surface area contributed by atoms with Crippen molar-refractivity contribution in [2.45, 2.75) is 0 Å². The van der Waals surface area contributed by atoms with Gasteiger partial charge in [-0.2, -0.15) is 0 Å². The van der Waals surface area contributed by atoms with Crippen LogP contribution < -0.4 is 0 Å². The predicted molar refractivity (Wildman–Crippen MR) is 64.7 cm³/mol. The van der Waals surface area contributed by atoms with Crippen LogP contribution >= 0.6 is 34.8 Å². The molecule has 0 saturated heterocycles. The summed E-state index contributed by atoms with van der Waals surface area (Å²) in [5.41, 5.74) is 1.69. The average Bonchev–Trinajstić information content (AvgIpc) is 2.16. The molecule has 1 heterocycles. The van der Waals surface area contributed by atoms with Crippen molar-refractivity contribution >= 4 is 34.8 Å². The van der Waals surface area contributed by atoms with E-state index in [0.717, 1.165) is 11.1 Å². The summed E-state index contributed by atoms with van der Waals surface area (Å²) in [7, 11) is 0. The van der Waals surface area contributed by atoms with Gasteiger partial charge in [0.2, 0.25) is 0 Å². The van der Waals surface area contributed by atoms with Crippen molar-refractivity contribution in [2.75, 3.05) is 0 Å². The number of pyridine rings is 1. The summed E-state index contributed by atoms with van der Waals surface area (Å²) in [6, 6.07) is 7.01. The maximum Gasteiger partial charge on any atom is 0.0515 e. The van der Waals surface area contributed by atoms with Gasteiger partial charge in [0.05, 0.1) is 5.02 Å². The molecule has 1 nitrogen and oxygen atoms in total. The topological polar surface area (TPSA) is 12.9 Å². The van der Waals surface area contributed by atoms with Crippen LogP contribution in [0.3, 0.4) is 0 Å². The van der Waals surface area contributed by atoms with Crippen molar-refractivity contribution in [3.05, 3.63) is 51.7 Å². The Kier molecular flexibility index (Phi) is 3.15. The molecule has 0 aliphatic rings. The van der Waals surface area contributed by atoms with Crippen LogP contribution in [-0.2, 0) is 0 Å². The third kappa shape index (κ3) is 2.43. The van der Waals surface area contributed by atoms with Gasteiger partial charge in [-0.3, -0.25) is 4.98 Å². The lowest BCUT2D eigenvalue weighted by Gasteiger charge is -2.04. The zero-order valence-electron chi connectivity index (χ0n) is 7.55. The summed E-state index contributed by atoms with van der Waals surface area (Å²) < 4.78 is 0. The van der Waals surface area contributed by atoms with Gasteiger partial charge in [-0.15, -0.1) is 0 Å². The molecule has 76 valence electrons. The average molecular weight is 259 g/mol. The van der Waals surface area contributed by atoms with Crippen LogP contribution in [0.15, 0.2) is 36.7 Å². The summed E-state index contributed by atoms with van der Waals surface area (Å²) in [6.07, 6.45) is 3.32. The summed E-state index contributed by atoms with van der Waals surface area (Å²) >= 11 is 17.8. The van der Waals surface area contributed by atoms with Crippen molar-refractivity contribution in [1.82, 2.24) is 4.98 Å². The lowest BCUT2D eigenvalue weighted by molar-refractivity contribution is 1.33. The second-order valence-electron chi connectivity index (χ2n) is 3.01. The van der Waals surface area contributed by atoms with Crippen molar-refractivity contribution in [3.8, 4) is 11.1 Å². The van der Waals surface area contributed by atoms with E-state index in [1.165, 1.54) is 0 Å². The van der Waals surface area contributed by atoms with Crippen molar-refractivity contribution < 1.29 is 0 Å². The van der Waals surface area contributed by atoms with Crippen LogP contribution in [-0.4, -0.2) is 4.98 Å². The largest absolute Gasteiger partial charge is 0.264 e. The van der Waals surface area contributed by atoms with E-state index in [4.69, 9.17) is 34.8 Å². The van der Waals surface area contributed by atoms with Crippen LogP contribution in [0.1, 0.15) is 0 Å². The van der Waals surface area contributed by atoms with Gasteiger partial charge in [-0.1, -0.05) is 34.8 Å². The van der Waals surface area contributed by atoms with E-state index in [1.807, 2.05) is 0 Å². The number of aromatic nitrogens is 1. The predicted octanol–water partition coefficient (Wildman–Crippen LogP) is 4.71. The van der Waals surface area contributed by atoms with Gasteiger partial charge in [0.25, 0.3) is 0 Å². The Labute approximate surface area is 103 Å². The van der Waals surface area contributed by atoms with E-state index < -0.39 is 0 Å². The molecule has 0 fully saturated rings. The molecular weight excluding hydrogens is 252 g/mol. The lowest BCUT2D eigenvalue weighted by atomic mass is 10.1. The van der Waals surface area contributed by atoms with E-state index in [-0.39, 0.29) is 0 Å². The Morgan fingerprint density at radius 1 is 0.933 bits per heavy atom. The van der Waals surface area contributed by atoms with E-state index in [9.17, 15) is 0 Å². The SMILES string of the molecule is Clc1cc(Cl)cc(-c2cnccc2Cl)c1. The van der Waals surface area contributed by atoms with Gasteiger partial charge in [0.1, 0.15) is 0 Å². The van der Waals surface area contributed by atoms with Gasteiger partial charge in [0, 0.05) is 28.0 Å². The first kappa shape index (κ1) is 10.7. The Morgan fingerprint density at radius 2 is 1.60 bits per heavy atom. The fraction of sp³-hybridized carbons (Fsp3) is 0. The number of hydrogen-bond donors (Lipinski definition) is 0. The van der Waals surface area contributed by atoms with Crippen LogP contribution in [0.5, 0.6) is 0 Å². The number of rotatable bonds is 1. The molecule has 0 unspecified atom stereocenters. The maximum absolute atomic E-state index is 6.04. The zero-order chi connectivity index (χ0) is 10.8. The molecule has 0 bridgehead atoms. The minimum Gasteiger partial charge on any atom is -0.264 e. The molecule has 1 aromatic carbocycles. The highest BCUT2D eigenvalue weighted by molar-refractivity contribution is 6.36. The van der Waals surface area contributed by atoms with E-state index in [0.29, 0.717) is 15.1 Å². The first-order valence-electron chi connectivity index (χ1n) is 4.23. The van der Waals surface area contributed by atoms with E-state index in [1.54, 1.807) is 36.7 Å². The van der Waals surface area contributed by atoms with Crippen LogP contribution in [0, 0.1) is 0 Å². The molecule has 0 N–H and O–H groups in total. The number of hydrogen-bond acceptors (Lipinski definition) is 1. The van der Waals surface area contributed by atoms with Crippen LogP contribution in [0.4, 0.5) is 0 Å². The summed E-state index contributed by atoms with van der Waals surface area (Å²) in [5.74, 6) is 0. The molecule has 0 amide bonds. The van der Waals surface area contributed by atoms with Crippen molar-refractivity contribution in [1.29, 1.82) is 0 Å². The molecular formula is C11H6Cl3N. The maximum atomic E-state index is 6.04. The Hall–Kier alpha value is -0.760. The van der Waals surface area contributed by atoms with E-state index in [2.05, 4.69) is 4.98 Å². The molecule has 0 aliphatic heterocycles. The standard InChI is InChI=1S/C11H6Cl3N/c12-8-3-7(4-9(13)5-8)10-6-15-2-1-11(10)14/h1-6H. The molecule has 0 atom stereocenters. The molecule has 2 aromatic rings. The van der Waals surface area contributed by atoms with Gasteiger partial charge >= 0.3 is 0 Å². The minimum absolute atomic E-state index is 0.581. The Bertz CT molecular complexity index is 477. The highest BCUT2D eigenvalue weighted by atomic mass is 35.5. The number of benzene rings is 1. The highest BCUT2D eigenvalue weighted by Gasteiger charge is 2.05. The highest BCUT2D eigenvalue weighted by Crippen LogP contribution is 2.31. The summed E-state index contributed by atoms with van der Waals surface area (Å²) in [5, 5.41) is 1.79. The molecule has 15 heavy (non-hydrogen) atoms. The number of nitrogens with zero attached hydrogens (tertiary/aromatic N) is 1. The zero-order valence-corrected chi connectivity index (χ0v) is 9.81. The second kappa shape index (κ2) is 4.40. The molecule has 0 spiro atoms. The Balaban J connectivity index is 2.59. The fourth-order valence-corrected chi connectivity index (χ4v) is 2.04. The number of halogens is 3. The van der Waals surface area contributed by atoms with Crippen molar-refractivity contribution in [3.63, 3.8) is 0 Å². The normalized spacial score (nSPS) is 10.3. The molecule has 0 radical (unpaired) electrons. The summed E-state index contributed by atoms with van der Waals surface area (Å²) in [4.78, 5) is 4.01. The third-order valence-electron chi connectivity index (χ3n) is 1.94. The van der Waals surface area contributed by atoms with Gasteiger partial charge < -0.3 is 0 Å². The van der Waals surface area contributed by atoms with Gasteiger partial charge in [-0.05, 0) is 29.8 Å². The first-order chi connectivity index (χ1) is 7.16. The van der Waals surface area contributed by atoms with Gasteiger partial charge in [0.15, 0.2) is 0 Å². The van der Waals surface area contributed by atoms with Crippen molar-refractivity contribution in [2.24, 2.45) is 0 Å². The lowest BCUT2D eigenvalue weighted by Crippen LogP contribution is -1.81. The van der Waals surface area contributed by atoms with Crippen LogP contribution in [0.25, 0.3) is 11.1 Å². The Morgan fingerprint density at radius 3 is 2.20 bits per heavy atom. The fourth-order valence-electron chi connectivity index (χ4n) is 1.30. The monoisotopic (exact) mass is 257 g/mol. The molecule has 4 heteroatoms. The second-order valence-corrected chi connectivity index (χ2v) is 4.29.